The van der Waals surface area contributed by atoms with Crippen molar-refractivity contribution in [3.8, 4) is 11.4 Å². The van der Waals surface area contributed by atoms with E-state index in [-0.39, 0.29) is 11.3 Å². The molecule has 1 amide bonds. The first-order valence-corrected chi connectivity index (χ1v) is 9.55. The number of hydrogen-bond acceptors (Lipinski definition) is 4. The molecule has 0 radical (unpaired) electrons. The van der Waals surface area contributed by atoms with E-state index in [1.54, 1.807) is 11.7 Å². The Hall–Kier alpha value is -3.02. The molecule has 0 saturated heterocycles. The van der Waals surface area contributed by atoms with Crippen molar-refractivity contribution in [2.45, 2.75) is 44.4 Å². The normalized spacial score (nSPS) is 15.3. The third kappa shape index (κ3) is 3.30. The Morgan fingerprint density at radius 1 is 1.11 bits per heavy atom. The molecular formula is C22H25N5O. The van der Waals surface area contributed by atoms with Gasteiger partial charge < -0.3 is 5.32 Å². The minimum absolute atomic E-state index is 0.0456. The van der Waals surface area contributed by atoms with Gasteiger partial charge in [0.25, 0.3) is 0 Å². The molecular weight excluding hydrogens is 350 g/mol. The second kappa shape index (κ2) is 6.55. The maximum Gasteiger partial charge on any atom is 0.235 e. The van der Waals surface area contributed by atoms with Gasteiger partial charge >= 0.3 is 0 Å². The van der Waals surface area contributed by atoms with Gasteiger partial charge in [0.2, 0.25) is 5.91 Å². The van der Waals surface area contributed by atoms with Crippen LogP contribution in [0.5, 0.6) is 0 Å². The number of nitrogens with zero attached hydrogens (tertiary/aromatic N) is 4. The standard InChI is InChI=1S/C22H25N5O/c1-21(2,3)16-8-10-17(11-9-16)22(12-13-22)20(28)23-18-7-5-6-15(14-18)19-24-25-26-27(19)4/h5-11,14H,12-13H2,1-4H3,(H,23,28). The lowest BCUT2D eigenvalue weighted by Crippen LogP contribution is -2.28. The molecule has 0 unspecified atom stereocenters. The number of hydrogen-bond donors (Lipinski definition) is 1. The number of tetrazole rings is 1. The Labute approximate surface area is 165 Å². The van der Waals surface area contributed by atoms with Crippen LogP contribution in [0.25, 0.3) is 11.4 Å². The zero-order chi connectivity index (χ0) is 19.9. The summed E-state index contributed by atoms with van der Waals surface area (Å²) in [5.74, 6) is 0.708. The number of amides is 1. The highest BCUT2D eigenvalue weighted by atomic mass is 16.2. The van der Waals surface area contributed by atoms with Crippen molar-refractivity contribution in [3.05, 3.63) is 59.7 Å². The first kappa shape index (κ1) is 18.3. The summed E-state index contributed by atoms with van der Waals surface area (Å²) in [4.78, 5) is 13.1. The second-order valence-electron chi connectivity index (χ2n) is 8.57. The Morgan fingerprint density at radius 3 is 2.39 bits per heavy atom. The number of aromatic nitrogens is 4. The molecule has 1 fully saturated rings. The van der Waals surface area contributed by atoms with Gasteiger partial charge in [0.05, 0.1) is 5.41 Å². The van der Waals surface area contributed by atoms with Crippen LogP contribution in [0.4, 0.5) is 5.69 Å². The third-order valence-corrected chi connectivity index (χ3v) is 5.49. The number of carbonyl (C=O) groups is 1. The molecule has 6 heteroatoms. The maximum absolute atomic E-state index is 13.1. The molecule has 4 rings (SSSR count). The summed E-state index contributed by atoms with van der Waals surface area (Å²) in [7, 11) is 1.79. The second-order valence-corrected chi connectivity index (χ2v) is 8.57. The van der Waals surface area contributed by atoms with Crippen LogP contribution in [0.2, 0.25) is 0 Å². The van der Waals surface area contributed by atoms with E-state index in [2.05, 4.69) is 65.9 Å². The van der Waals surface area contributed by atoms with Gasteiger partial charge in [-0.2, -0.15) is 0 Å². The molecule has 3 aromatic rings. The highest BCUT2D eigenvalue weighted by Gasteiger charge is 2.51. The third-order valence-electron chi connectivity index (χ3n) is 5.49. The number of anilines is 1. The molecule has 1 aromatic heterocycles. The van der Waals surface area contributed by atoms with Crippen molar-refractivity contribution in [2.24, 2.45) is 7.05 Å². The Balaban J connectivity index is 1.55. The van der Waals surface area contributed by atoms with Gasteiger partial charge in [-0.15, -0.1) is 5.10 Å². The van der Waals surface area contributed by atoms with Crippen LogP contribution in [0.3, 0.4) is 0 Å². The molecule has 1 aliphatic rings. The van der Waals surface area contributed by atoms with Crippen LogP contribution in [0, 0.1) is 0 Å². The molecule has 2 aromatic carbocycles. The smallest absolute Gasteiger partial charge is 0.235 e. The number of carbonyl (C=O) groups excluding carboxylic acids is 1. The zero-order valence-corrected chi connectivity index (χ0v) is 16.7. The molecule has 28 heavy (non-hydrogen) atoms. The fraction of sp³-hybridized carbons (Fsp3) is 0.364. The molecule has 144 valence electrons. The minimum Gasteiger partial charge on any atom is -0.325 e. The van der Waals surface area contributed by atoms with Gasteiger partial charge in [0.1, 0.15) is 0 Å². The topological polar surface area (TPSA) is 72.7 Å². The summed E-state index contributed by atoms with van der Waals surface area (Å²) < 4.78 is 1.61. The molecule has 0 atom stereocenters. The summed E-state index contributed by atoms with van der Waals surface area (Å²) in [5, 5.41) is 14.7. The Kier molecular flexibility index (Phi) is 4.29. The van der Waals surface area contributed by atoms with E-state index in [0.717, 1.165) is 29.7 Å². The lowest BCUT2D eigenvalue weighted by atomic mass is 9.85. The van der Waals surface area contributed by atoms with Gasteiger partial charge in [-0.1, -0.05) is 57.2 Å². The number of nitrogens with one attached hydrogen (secondary N) is 1. The lowest BCUT2D eigenvalue weighted by Gasteiger charge is -2.21. The van der Waals surface area contributed by atoms with Crippen molar-refractivity contribution in [3.63, 3.8) is 0 Å². The van der Waals surface area contributed by atoms with E-state index in [0.29, 0.717) is 5.82 Å². The molecule has 0 bridgehead atoms. The minimum atomic E-state index is -0.418. The summed E-state index contributed by atoms with van der Waals surface area (Å²) in [6.07, 6.45) is 1.75. The van der Waals surface area contributed by atoms with Crippen LogP contribution in [0.15, 0.2) is 48.5 Å². The first-order chi connectivity index (χ1) is 13.3. The monoisotopic (exact) mass is 375 g/mol. The molecule has 1 N–H and O–H groups in total. The van der Waals surface area contributed by atoms with Crippen molar-refractivity contribution in [2.75, 3.05) is 5.32 Å². The zero-order valence-electron chi connectivity index (χ0n) is 16.7. The van der Waals surface area contributed by atoms with Crippen LogP contribution >= 0.6 is 0 Å². The van der Waals surface area contributed by atoms with Crippen LogP contribution in [0.1, 0.15) is 44.7 Å². The van der Waals surface area contributed by atoms with Gasteiger partial charge in [0.15, 0.2) is 5.82 Å². The molecule has 6 nitrogen and oxygen atoms in total. The summed E-state index contributed by atoms with van der Waals surface area (Å²) in [6.45, 7) is 6.59. The molecule has 1 aliphatic carbocycles. The molecule has 1 saturated carbocycles. The average Bonchev–Trinajstić information content (AvgIpc) is 3.37. The van der Waals surface area contributed by atoms with Gasteiger partial charge in [-0.05, 0) is 51.9 Å². The predicted molar refractivity (Wildman–Crippen MR) is 109 cm³/mol. The Morgan fingerprint density at radius 2 is 1.82 bits per heavy atom. The Bertz CT molecular complexity index is 1010. The molecule has 0 spiro atoms. The van der Waals surface area contributed by atoms with E-state index in [4.69, 9.17) is 0 Å². The summed E-state index contributed by atoms with van der Waals surface area (Å²) in [6, 6.07) is 16.1. The van der Waals surface area contributed by atoms with Crippen molar-refractivity contribution < 1.29 is 4.79 Å². The highest BCUT2D eigenvalue weighted by molar-refractivity contribution is 6.01. The fourth-order valence-electron chi connectivity index (χ4n) is 3.52. The van der Waals surface area contributed by atoms with Crippen LogP contribution in [-0.4, -0.2) is 26.1 Å². The van der Waals surface area contributed by atoms with E-state index in [1.165, 1.54) is 5.56 Å². The van der Waals surface area contributed by atoms with Crippen molar-refractivity contribution >= 4 is 11.6 Å². The number of aryl methyl sites for hydroxylation is 1. The quantitative estimate of drug-likeness (QED) is 0.752. The van der Waals surface area contributed by atoms with E-state index in [9.17, 15) is 4.79 Å². The predicted octanol–water partition coefficient (Wildman–Crippen LogP) is 3.84. The summed E-state index contributed by atoms with van der Waals surface area (Å²) in [5.41, 5.74) is 3.67. The molecule has 1 heterocycles. The van der Waals surface area contributed by atoms with E-state index >= 15 is 0 Å². The highest BCUT2D eigenvalue weighted by Crippen LogP contribution is 2.49. The van der Waals surface area contributed by atoms with Crippen molar-refractivity contribution in [1.29, 1.82) is 0 Å². The average molecular weight is 375 g/mol. The maximum atomic E-state index is 13.1. The fourth-order valence-corrected chi connectivity index (χ4v) is 3.52. The molecule has 0 aliphatic heterocycles. The van der Waals surface area contributed by atoms with Crippen LogP contribution in [-0.2, 0) is 22.7 Å². The SMILES string of the molecule is Cn1nnnc1-c1cccc(NC(=O)C2(c3ccc(C(C)(C)C)cc3)CC2)c1. The largest absolute Gasteiger partial charge is 0.325 e. The van der Waals surface area contributed by atoms with Gasteiger partial charge in [-0.25, -0.2) is 4.68 Å². The lowest BCUT2D eigenvalue weighted by molar-refractivity contribution is -0.118. The number of rotatable bonds is 4. The summed E-state index contributed by atoms with van der Waals surface area (Å²) >= 11 is 0. The van der Waals surface area contributed by atoms with Crippen molar-refractivity contribution in [1.82, 2.24) is 20.2 Å². The number of benzene rings is 2. The van der Waals surface area contributed by atoms with E-state index in [1.807, 2.05) is 24.3 Å². The van der Waals surface area contributed by atoms with Crippen LogP contribution < -0.4 is 5.32 Å². The van der Waals surface area contributed by atoms with Gasteiger partial charge in [-0.3, -0.25) is 4.79 Å². The first-order valence-electron chi connectivity index (χ1n) is 9.55. The van der Waals surface area contributed by atoms with Gasteiger partial charge in [0, 0.05) is 18.3 Å². The van der Waals surface area contributed by atoms with E-state index < -0.39 is 5.41 Å².